The van der Waals surface area contributed by atoms with Gasteiger partial charge in [0.05, 0.1) is 37.6 Å². The third-order valence-electron chi connectivity index (χ3n) is 5.10. The molecule has 20 heavy (non-hydrogen) atoms. The molecule has 0 amide bonds. The van der Waals surface area contributed by atoms with Crippen molar-refractivity contribution >= 4 is 6.16 Å². The van der Waals surface area contributed by atoms with Crippen LogP contribution in [-0.2, 0) is 18.9 Å². The lowest BCUT2D eigenvalue weighted by Gasteiger charge is -2.20. The van der Waals surface area contributed by atoms with Crippen LogP contribution in [0.2, 0.25) is 0 Å². The maximum Gasteiger partial charge on any atom is 0.508 e. The van der Waals surface area contributed by atoms with E-state index in [-0.39, 0.29) is 0 Å². The van der Waals surface area contributed by atoms with E-state index in [1.165, 1.54) is 0 Å². The van der Waals surface area contributed by atoms with E-state index in [1.807, 2.05) is 0 Å². The molecule has 4 fully saturated rings. The first-order valence-electron chi connectivity index (χ1n) is 7.88. The molecule has 4 unspecified atom stereocenters. The van der Waals surface area contributed by atoms with Crippen molar-refractivity contribution in [3.63, 3.8) is 0 Å². The van der Waals surface area contributed by atoms with E-state index in [1.54, 1.807) is 0 Å². The first-order chi connectivity index (χ1) is 9.78. The van der Waals surface area contributed by atoms with Crippen LogP contribution in [0.25, 0.3) is 0 Å². The number of hydrogen-bond acceptors (Lipinski definition) is 5. The lowest BCUT2D eigenvalue weighted by atomic mass is 9.90. The van der Waals surface area contributed by atoms with E-state index in [4.69, 9.17) is 18.9 Å². The van der Waals surface area contributed by atoms with Crippen molar-refractivity contribution < 1.29 is 23.7 Å². The van der Waals surface area contributed by atoms with Crippen LogP contribution in [0.3, 0.4) is 0 Å². The quantitative estimate of drug-likeness (QED) is 0.585. The molecular weight excluding hydrogens is 260 g/mol. The van der Waals surface area contributed by atoms with E-state index < -0.39 is 6.16 Å². The number of rotatable bonds is 4. The van der Waals surface area contributed by atoms with Crippen LogP contribution >= 0.6 is 0 Å². The second-order valence-corrected chi connectivity index (χ2v) is 6.66. The van der Waals surface area contributed by atoms with Crippen molar-refractivity contribution in [1.82, 2.24) is 0 Å². The fourth-order valence-electron chi connectivity index (χ4n) is 3.69. The minimum Gasteiger partial charge on any atom is -0.434 e. The Morgan fingerprint density at radius 1 is 0.800 bits per heavy atom. The van der Waals surface area contributed by atoms with Crippen LogP contribution in [0, 0.1) is 11.8 Å². The molecule has 2 aliphatic carbocycles. The van der Waals surface area contributed by atoms with Gasteiger partial charge < -0.3 is 18.9 Å². The fourth-order valence-corrected chi connectivity index (χ4v) is 3.69. The van der Waals surface area contributed by atoms with Crippen LogP contribution in [0.1, 0.15) is 38.5 Å². The molecular formula is C15H22O5. The highest BCUT2D eigenvalue weighted by molar-refractivity contribution is 5.59. The highest BCUT2D eigenvalue weighted by Crippen LogP contribution is 2.40. The van der Waals surface area contributed by atoms with Gasteiger partial charge >= 0.3 is 6.16 Å². The molecule has 4 aliphatic rings. The molecule has 0 spiro atoms. The molecule has 0 bridgehead atoms. The summed E-state index contributed by atoms with van der Waals surface area (Å²) in [6.07, 6.45) is 7.82. The van der Waals surface area contributed by atoms with Crippen molar-refractivity contribution in [3.05, 3.63) is 0 Å². The van der Waals surface area contributed by atoms with E-state index in [0.29, 0.717) is 49.5 Å². The zero-order valence-electron chi connectivity index (χ0n) is 11.7. The number of hydrogen-bond donors (Lipinski definition) is 0. The summed E-state index contributed by atoms with van der Waals surface area (Å²) in [7, 11) is 0. The van der Waals surface area contributed by atoms with Gasteiger partial charge in [0.15, 0.2) is 0 Å². The number of fused-ring (bicyclic) bond motifs is 2. The van der Waals surface area contributed by atoms with Crippen LogP contribution in [-0.4, -0.2) is 43.8 Å². The summed E-state index contributed by atoms with van der Waals surface area (Å²) < 4.78 is 21.4. The molecule has 0 aromatic carbocycles. The molecule has 112 valence electrons. The Balaban J connectivity index is 1.11. The number of carbonyl (C=O) groups excluding carboxylic acids is 1. The smallest absolute Gasteiger partial charge is 0.434 e. The summed E-state index contributed by atoms with van der Waals surface area (Å²) in [5.74, 6) is 0.892. The van der Waals surface area contributed by atoms with Gasteiger partial charge in [-0.15, -0.1) is 0 Å². The zero-order chi connectivity index (χ0) is 13.5. The SMILES string of the molecule is O=C(OCC1CC[C@H]2OC2C1)OCC1CCC2O[C@@H]2C1. The molecule has 0 radical (unpaired) electrons. The Bertz CT molecular complexity index is 350. The standard InChI is InChI=1S/C15H22O5/c16-15(17-7-9-1-3-11-13(5-9)19-11)18-8-10-2-4-12-14(6-10)20-12/h9-14H,1-8H2/t9?,10?,11-,12?,13?,14-/m1/s1. The highest BCUT2D eigenvalue weighted by Gasteiger charge is 2.45. The lowest BCUT2D eigenvalue weighted by Crippen LogP contribution is -2.23. The van der Waals surface area contributed by atoms with Crippen molar-refractivity contribution in [2.75, 3.05) is 13.2 Å². The Morgan fingerprint density at radius 3 is 1.75 bits per heavy atom. The molecule has 2 saturated carbocycles. The number of ether oxygens (including phenoxy) is 4. The molecule has 2 saturated heterocycles. The summed E-state index contributed by atoms with van der Waals surface area (Å²) in [6.45, 7) is 0.952. The summed E-state index contributed by atoms with van der Waals surface area (Å²) in [4.78, 5) is 11.6. The third-order valence-corrected chi connectivity index (χ3v) is 5.10. The van der Waals surface area contributed by atoms with Gasteiger partial charge in [-0.1, -0.05) is 0 Å². The van der Waals surface area contributed by atoms with Crippen LogP contribution in [0.5, 0.6) is 0 Å². The van der Waals surface area contributed by atoms with Crippen molar-refractivity contribution in [2.24, 2.45) is 11.8 Å². The molecule has 2 heterocycles. The summed E-state index contributed by atoms with van der Waals surface area (Å²) >= 11 is 0. The van der Waals surface area contributed by atoms with Gasteiger partial charge in [0, 0.05) is 0 Å². The second kappa shape index (κ2) is 5.19. The summed E-state index contributed by atoms with van der Waals surface area (Å²) in [6, 6.07) is 0. The highest BCUT2D eigenvalue weighted by atomic mass is 16.7. The zero-order valence-corrected chi connectivity index (χ0v) is 11.7. The molecule has 5 nitrogen and oxygen atoms in total. The van der Waals surface area contributed by atoms with E-state index in [9.17, 15) is 4.79 Å². The first kappa shape index (κ1) is 12.9. The van der Waals surface area contributed by atoms with Gasteiger partial charge in [-0.05, 0) is 50.4 Å². The summed E-state index contributed by atoms with van der Waals surface area (Å²) in [5.41, 5.74) is 0. The maximum absolute atomic E-state index is 11.6. The molecule has 5 heteroatoms. The molecule has 6 atom stereocenters. The normalized spacial score (nSPS) is 45.0. The summed E-state index contributed by atoms with van der Waals surface area (Å²) in [5, 5.41) is 0. The minimum atomic E-state index is -0.511. The molecule has 0 aromatic heterocycles. The van der Waals surface area contributed by atoms with Crippen LogP contribution < -0.4 is 0 Å². The maximum atomic E-state index is 11.6. The molecule has 4 rings (SSSR count). The average Bonchev–Trinajstić information content (AvgIpc) is 3.35. The van der Waals surface area contributed by atoms with Gasteiger partial charge in [-0.2, -0.15) is 0 Å². The molecule has 0 aromatic rings. The third kappa shape index (κ3) is 2.93. The van der Waals surface area contributed by atoms with Gasteiger partial charge in [-0.25, -0.2) is 4.79 Å². The van der Waals surface area contributed by atoms with Gasteiger partial charge in [-0.3, -0.25) is 0 Å². The minimum absolute atomic E-state index is 0.432. The van der Waals surface area contributed by atoms with Crippen molar-refractivity contribution in [2.45, 2.75) is 62.9 Å². The van der Waals surface area contributed by atoms with Gasteiger partial charge in [0.25, 0.3) is 0 Å². The predicted molar refractivity (Wildman–Crippen MR) is 69.3 cm³/mol. The van der Waals surface area contributed by atoms with E-state index >= 15 is 0 Å². The number of epoxide rings is 2. The Hall–Kier alpha value is -0.810. The van der Waals surface area contributed by atoms with Crippen LogP contribution in [0.15, 0.2) is 0 Å². The van der Waals surface area contributed by atoms with Crippen molar-refractivity contribution in [1.29, 1.82) is 0 Å². The van der Waals surface area contributed by atoms with E-state index in [0.717, 1.165) is 38.5 Å². The van der Waals surface area contributed by atoms with Gasteiger partial charge in [0.1, 0.15) is 0 Å². The van der Waals surface area contributed by atoms with Gasteiger partial charge in [0.2, 0.25) is 0 Å². The van der Waals surface area contributed by atoms with Crippen molar-refractivity contribution in [3.8, 4) is 0 Å². The Kier molecular flexibility index (Phi) is 3.34. The first-order valence-corrected chi connectivity index (χ1v) is 7.88. The predicted octanol–water partition coefficient (Wildman–Crippen LogP) is 2.27. The Labute approximate surface area is 118 Å². The van der Waals surface area contributed by atoms with E-state index in [2.05, 4.69) is 0 Å². The average molecular weight is 282 g/mol. The second-order valence-electron chi connectivity index (χ2n) is 6.66. The number of carbonyl (C=O) groups is 1. The lowest BCUT2D eigenvalue weighted by molar-refractivity contribution is 0.0284. The fraction of sp³-hybridized carbons (Fsp3) is 0.933. The monoisotopic (exact) mass is 282 g/mol. The molecule has 2 aliphatic heterocycles. The topological polar surface area (TPSA) is 60.6 Å². The molecule has 0 N–H and O–H groups in total. The van der Waals surface area contributed by atoms with Crippen LogP contribution in [0.4, 0.5) is 4.79 Å². The largest absolute Gasteiger partial charge is 0.508 e. The Morgan fingerprint density at radius 2 is 1.30 bits per heavy atom.